The lowest BCUT2D eigenvalue weighted by atomic mass is 10.1. The van der Waals surface area contributed by atoms with Crippen molar-refractivity contribution in [1.29, 1.82) is 5.26 Å². The SMILES string of the molecule is CSc1cc(C(=O)N(Cc2ccc(C#N)cc2)C(C)C)ccn1. The number of nitrogens with zero attached hydrogens (tertiary/aromatic N) is 3. The molecule has 118 valence electrons. The van der Waals surface area contributed by atoms with Crippen LogP contribution in [-0.2, 0) is 6.54 Å². The minimum Gasteiger partial charge on any atom is -0.332 e. The van der Waals surface area contributed by atoms with Crippen LogP contribution in [0.3, 0.4) is 0 Å². The van der Waals surface area contributed by atoms with E-state index in [0.29, 0.717) is 17.7 Å². The highest BCUT2D eigenvalue weighted by atomic mass is 32.2. The highest BCUT2D eigenvalue weighted by molar-refractivity contribution is 7.98. The maximum atomic E-state index is 12.8. The molecule has 0 spiro atoms. The second-order valence-corrected chi connectivity index (χ2v) is 6.25. The number of aromatic nitrogens is 1. The Balaban J connectivity index is 2.23. The van der Waals surface area contributed by atoms with Crippen molar-refractivity contribution in [1.82, 2.24) is 9.88 Å². The first-order valence-corrected chi connectivity index (χ1v) is 8.57. The van der Waals surface area contributed by atoms with Gasteiger partial charge in [0, 0.05) is 24.3 Å². The number of nitriles is 1. The van der Waals surface area contributed by atoms with Gasteiger partial charge in [-0.3, -0.25) is 4.79 Å². The Kier molecular flexibility index (Phi) is 5.78. The Hall–Kier alpha value is -2.32. The van der Waals surface area contributed by atoms with Crippen molar-refractivity contribution >= 4 is 17.7 Å². The summed E-state index contributed by atoms with van der Waals surface area (Å²) in [5.74, 6) is -0.0120. The van der Waals surface area contributed by atoms with Gasteiger partial charge in [0.2, 0.25) is 0 Å². The number of benzene rings is 1. The zero-order valence-corrected chi connectivity index (χ0v) is 14.3. The first-order chi connectivity index (χ1) is 11.0. The van der Waals surface area contributed by atoms with E-state index in [2.05, 4.69) is 11.1 Å². The van der Waals surface area contributed by atoms with Crippen LogP contribution in [0.15, 0.2) is 47.6 Å². The molecular formula is C18H19N3OS. The predicted molar refractivity (Wildman–Crippen MR) is 92.2 cm³/mol. The van der Waals surface area contributed by atoms with Crippen LogP contribution in [0.5, 0.6) is 0 Å². The fourth-order valence-electron chi connectivity index (χ4n) is 2.19. The molecular weight excluding hydrogens is 306 g/mol. The standard InChI is InChI=1S/C18H19N3OS/c1-13(2)21(12-15-6-4-14(11-19)5-7-15)18(22)16-8-9-20-17(10-16)23-3/h4-10,13H,12H2,1-3H3. The summed E-state index contributed by atoms with van der Waals surface area (Å²) in [6.07, 6.45) is 3.60. The number of carbonyl (C=O) groups excluding carboxylic acids is 1. The molecule has 23 heavy (non-hydrogen) atoms. The van der Waals surface area contributed by atoms with E-state index in [1.807, 2.05) is 43.2 Å². The number of hydrogen-bond acceptors (Lipinski definition) is 4. The molecule has 0 aliphatic heterocycles. The molecule has 1 aromatic carbocycles. The number of amides is 1. The molecule has 0 fully saturated rings. The average molecular weight is 325 g/mol. The monoisotopic (exact) mass is 325 g/mol. The average Bonchev–Trinajstić information content (AvgIpc) is 2.59. The number of carbonyl (C=O) groups is 1. The number of thioether (sulfide) groups is 1. The molecule has 0 unspecified atom stereocenters. The maximum absolute atomic E-state index is 12.8. The van der Waals surface area contributed by atoms with Gasteiger partial charge in [-0.05, 0) is 49.9 Å². The van der Waals surface area contributed by atoms with Gasteiger partial charge in [0.15, 0.2) is 0 Å². The molecule has 2 aromatic rings. The van der Waals surface area contributed by atoms with Crippen LogP contribution in [0.1, 0.15) is 35.3 Å². The molecule has 0 aliphatic rings. The normalized spacial score (nSPS) is 10.4. The highest BCUT2D eigenvalue weighted by Gasteiger charge is 2.19. The fraction of sp³-hybridized carbons (Fsp3) is 0.278. The molecule has 5 heteroatoms. The number of rotatable bonds is 5. The Labute approximate surface area is 141 Å². The van der Waals surface area contributed by atoms with Crippen molar-refractivity contribution in [2.24, 2.45) is 0 Å². The van der Waals surface area contributed by atoms with Crippen molar-refractivity contribution in [3.05, 3.63) is 59.3 Å². The van der Waals surface area contributed by atoms with Crippen molar-refractivity contribution in [2.45, 2.75) is 31.5 Å². The van der Waals surface area contributed by atoms with Crippen molar-refractivity contribution in [3.8, 4) is 6.07 Å². The molecule has 1 heterocycles. The van der Waals surface area contributed by atoms with Crippen LogP contribution in [0.4, 0.5) is 0 Å². The van der Waals surface area contributed by atoms with E-state index < -0.39 is 0 Å². The van der Waals surface area contributed by atoms with E-state index in [9.17, 15) is 4.79 Å². The van der Waals surface area contributed by atoms with Crippen LogP contribution in [-0.4, -0.2) is 28.1 Å². The fourth-order valence-corrected chi connectivity index (χ4v) is 2.60. The summed E-state index contributed by atoms with van der Waals surface area (Å²) < 4.78 is 0. The van der Waals surface area contributed by atoms with Crippen molar-refractivity contribution < 1.29 is 4.79 Å². The smallest absolute Gasteiger partial charge is 0.254 e. The van der Waals surface area contributed by atoms with Gasteiger partial charge < -0.3 is 4.90 Å². The molecule has 0 saturated carbocycles. The lowest BCUT2D eigenvalue weighted by Gasteiger charge is -2.27. The van der Waals surface area contributed by atoms with Crippen LogP contribution in [0.2, 0.25) is 0 Å². The molecule has 0 N–H and O–H groups in total. The predicted octanol–water partition coefficient (Wildman–Crippen LogP) is 3.73. The third-order valence-corrected chi connectivity index (χ3v) is 4.15. The quantitative estimate of drug-likeness (QED) is 0.786. The second kappa shape index (κ2) is 7.80. The van der Waals surface area contributed by atoms with Gasteiger partial charge in [-0.25, -0.2) is 4.98 Å². The highest BCUT2D eigenvalue weighted by Crippen LogP contribution is 2.17. The van der Waals surface area contributed by atoms with Gasteiger partial charge in [-0.2, -0.15) is 5.26 Å². The molecule has 1 aromatic heterocycles. The molecule has 1 amide bonds. The van der Waals surface area contributed by atoms with Gasteiger partial charge in [0.1, 0.15) is 0 Å². The Morgan fingerprint density at radius 1 is 1.30 bits per heavy atom. The van der Waals surface area contributed by atoms with E-state index in [1.165, 1.54) is 11.8 Å². The molecule has 0 radical (unpaired) electrons. The summed E-state index contributed by atoms with van der Waals surface area (Å²) >= 11 is 1.52. The summed E-state index contributed by atoms with van der Waals surface area (Å²) in [6.45, 7) is 4.51. The second-order valence-electron chi connectivity index (χ2n) is 5.42. The van der Waals surface area contributed by atoms with E-state index in [4.69, 9.17) is 5.26 Å². The van der Waals surface area contributed by atoms with Crippen LogP contribution < -0.4 is 0 Å². The van der Waals surface area contributed by atoms with Gasteiger partial charge in [0.05, 0.1) is 16.7 Å². The van der Waals surface area contributed by atoms with E-state index in [-0.39, 0.29) is 11.9 Å². The number of hydrogen-bond donors (Lipinski definition) is 0. The van der Waals surface area contributed by atoms with E-state index >= 15 is 0 Å². The Bertz CT molecular complexity index is 720. The first-order valence-electron chi connectivity index (χ1n) is 7.35. The lowest BCUT2D eigenvalue weighted by molar-refractivity contribution is 0.0690. The Morgan fingerprint density at radius 2 is 2.00 bits per heavy atom. The molecule has 4 nitrogen and oxygen atoms in total. The molecule has 0 aliphatic carbocycles. The van der Waals surface area contributed by atoms with Crippen LogP contribution >= 0.6 is 11.8 Å². The third kappa shape index (κ3) is 4.33. The van der Waals surface area contributed by atoms with Gasteiger partial charge in [-0.1, -0.05) is 12.1 Å². The van der Waals surface area contributed by atoms with Crippen LogP contribution in [0, 0.1) is 11.3 Å². The molecule has 0 bridgehead atoms. The zero-order valence-electron chi connectivity index (χ0n) is 13.5. The Morgan fingerprint density at radius 3 is 2.57 bits per heavy atom. The van der Waals surface area contributed by atoms with Crippen molar-refractivity contribution in [2.75, 3.05) is 6.26 Å². The van der Waals surface area contributed by atoms with Gasteiger partial charge in [-0.15, -0.1) is 11.8 Å². The van der Waals surface area contributed by atoms with Gasteiger partial charge >= 0.3 is 0 Å². The minimum absolute atomic E-state index is 0.0120. The minimum atomic E-state index is -0.0120. The summed E-state index contributed by atoms with van der Waals surface area (Å²) in [6, 6.07) is 13.1. The largest absolute Gasteiger partial charge is 0.332 e. The number of pyridine rings is 1. The third-order valence-electron chi connectivity index (χ3n) is 3.51. The van der Waals surface area contributed by atoms with Crippen LogP contribution in [0.25, 0.3) is 0 Å². The summed E-state index contributed by atoms with van der Waals surface area (Å²) in [7, 11) is 0. The summed E-state index contributed by atoms with van der Waals surface area (Å²) in [5, 5.41) is 9.69. The van der Waals surface area contributed by atoms with E-state index in [0.717, 1.165) is 10.6 Å². The summed E-state index contributed by atoms with van der Waals surface area (Å²) in [4.78, 5) is 18.8. The van der Waals surface area contributed by atoms with E-state index in [1.54, 1.807) is 24.4 Å². The lowest BCUT2D eigenvalue weighted by Crippen LogP contribution is -2.36. The van der Waals surface area contributed by atoms with Gasteiger partial charge in [0.25, 0.3) is 5.91 Å². The molecule has 0 atom stereocenters. The maximum Gasteiger partial charge on any atom is 0.254 e. The zero-order chi connectivity index (χ0) is 16.8. The molecule has 0 saturated heterocycles. The topological polar surface area (TPSA) is 57.0 Å². The molecule has 2 rings (SSSR count). The summed E-state index contributed by atoms with van der Waals surface area (Å²) in [5.41, 5.74) is 2.27. The first kappa shape index (κ1) is 17.0. The van der Waals surface area contributed by atoms with Crippen molar-refractivity contribution in [3.63, 3.8) is 0 Å².